The highest BCUT2D eigenvalue weighted by molar-refractivity contribution is 5.31. The van der Waals surface area contributed by atoms with Crippen LogP contribution in [0.15, 0.2) is 12.1 Å². The standard InChI is InChI=1S/C25H36F4O2/c1-2-3-17-4-8-20(9-5-17)21-10-6-18(7-11-21)16-30-13-12-19-14-22(26)24(23(27)15-19)31-25(28)29/h14-15,17-18,20-21,25H,2-13,16H2,1H3. The Hall–Kier alpha value is -1.30. The van der Waals surface area contributed by atoms with E-state index in [9.17, 15) is 17.6 Å². The third-order valence-electron chi connectivity index (χ3n) is 7.30. The molecular formula is C25H36F4O2. The topological polar surface area (TPSA) is 18.5 Å². The molecule has 2 aliphatic carbocycles. The Morgan fingerprint density at radius 3 is 1.94 bits per heavy atom. The van der Waals surface area contributed by atoms with Crippen molar-refractivity contribution in [1.82, 2.24) is 0 Å². The smallest absolute Gasteiger partial charge is 0.387 e. The lowest BCUT2D eigenvalue weighted by Gasteiger charge is -2.37. The van der Waals surface area contributed by atoms with Crippen molar-refractivity contribution < 1.29 is 27.0 Å². The third-order valence-corrected chi connectivity index (χ3v) is 7.30. The summed E-state index contributed by atoms with van der Waals surface area (Å²) < 4.78 is 61.6. The van der Waals surface area contributed by atoms with E-state index < -0.39 is 24.0 Å². The molecule has 1 aromatic carbocycles. The van der Waals surface area contributed by atoms with Gasteiger partial charge in [0.05, 0.1) is 6.61 Å². The van der Waals surface area contributed by atoms with Gasteiger partial charge in [-0.25, -0.2) is 8.78 Å². The van der Waals surface area contributed by atoms with Gasteiger partial charge in [0.1, 0.15) is 0 Å². The summed E-state index contributed by atoms with van der Waals surface area (Å²) in [6, 6.07) is 2.06. The van der Waals surface area contributed by atoms with Crippen LogP contribution in [0.3, 0.4) is 0 Å². The minimum absolute atomic E-state index is 0.332. The van der Waals surface area contributed by atoms with Crippen molar-refractivity contribution in [2.24, 2.45) is 23.7 Å². The fourth-order valence-electron chi connectivity index (χ4n) is 5.58. The van der Waals surface area contributed by atoms with E-state index in [0.717, 1.165) is 29.9 Å². The van der Waals surface area contributed by atoms with Crippen LogP contribution in [0.25, 0.3) is 0 Å². The Morgan fingerprint density at radius 2 is 1.42 bits per heavy atom. The Kier molecular flexibility index (Phi) is 9.48. The van der Waals surface area contributed by atoms with Gasteiger partial charge in [-0.2, -0.15) is 8.78 Å². The molecule has 0 N–H and O–H groups in total. The molecule has 0 saturated heterocycles. The van der Waals surface area contributed by atoms with Gasteiger partial charge >= 0.3 is 6.61 Å². The van der Waals surface area contributed by atoms with Crippen molar-refractivity contribution in [2.75, 3.05) is 13.2 Å². The van der Waals surface area contributed by atoms with Crippen molar-refractivity contribution in [3.05, 3.63) is 29.3 Å². The normalized spacial score (nSPS) is 26.9. The molecular weight excluding hydrogens is 408 g/mol. The van der Waals surface area contributed by atoms with Crippen molar-refractivity contribution in [1.29, 1.82) is 0 Å². The fourth-order valence-corrected chi connectivity index (χ4v) is 5.58. The minimum atomic E-state index is -3.26. The molecule has 1 aromatic rings. The number of hydrogen-bond acceptors (Lipinski definition) is 2. The van der Waals surface area contributed by atoms with Gasteiger partial charge in [-0.1, -0.05) is 32.6 Å². The zero-order valence-electron chi connectivity index (χ0n) is 18.6. The van der Waals surface area contributed by atoms with Crippen LogP contribution >= 0.6 is 0 Å². The molecule has 0 atom stereocenters. The van der Waals surface area contributed by atoms with Crippen LogP contribution in [0.5, 0.6) is 5.75 Å². The van der Waals surface area contributed by atoms with Gasteiger partial charge in [-0.15, -0.1) is 0 Å². The van der Waals surface area contributed by atoms with Crippen molar-refractivity contribution in [3.8, 4) is 5.75 Å². The lowest BCUT2D eigenvalue weighted by molar-refractivity contribution is -0.0546. The fraction of sp³-hybridized carbons (Fsp3) is 0.760. The predicted octanol–water partition coefficient (Wildman–Crippen LogP) is 7.54. The average molecular weight is 445 g/mol. The van der Waals surface area contributed by atoms with Crippen LogP contribution < -0.4 is 4.74 Å². The first kappa shape index (κ1) is 24.3. The van der Waals surface area contributed by atoms with Crippen LogP contribution in [-0.2, 0) is 11.2 Å². The van der Waals surface area contributed by atoms with Crippen LogP contribution in [-0.4, -0.2) is 19.8 Å². The quantitative estimate of drug-likeness (QED) is 0.274. The maximum atomic E-state index is 13.8. The lowest BCUT2D eigenvalue weighted by Crippen LogP contribution is -2.27. The molecule has 2 aliphatic rings. The Labute approximate surface area is 183 Å². The molecule has 6 heteroatoms. The summed E-state index contributed by atoms with van der Waals surface area (Å²) in [6.45, 7) is 0.0560. The molecule has 176 valence electrons. The van der Waals surface area contributed by atoms with Gasteiger partial charge in [0.25, 0.3) is 0 Å². The van der Waals surface area contributed by atoms with E-state index in [1.165, 1.54) is 64.2 Å². The second kappa shape index (κ2) is 12.1. The molecule has 2 nitrogen and oxygen atoms in total. The molecule has 0 spiro atoms. The van der Waals surface area contributed by atoms with Gasteiger partial charge in [-0.3, -0.25) is 0 Å². The minimum Gasteiger partial charge on any atom is -0.429 e. The molecule has 0 unspecified atom stereocenters. The van der Waals surface area contributed by atoms with Gasteiger partial charge in [0.2, 0.25) is 0 Å². The molecule has 0 heterocycles. The maximum Gasteiger partial charge on any atom is 0.387 e. The number of benzene rings is 1. The summed E-state index contributed by atoms with van der Waals surface area (Å²) in [4.78, 5) is 0. The Balaban J connectivity index is 1.33. The van der Waals surface area contributed by atoms with Gasteiger partial charge in [-0.05, 0) is 86.3 Å². The largest absolute Gasteiger partial charge is 0.429 e. The second-order valence-corrected chi connectivity index (χ2v) is 9.44. The SMILES string of the molecule is CCCC1CCC(C2CCC(COCCc3cc(F)c(OC(F)F)c(F)c3)CC2)CC1. The van der Waals surface area contributed by atoms with E-state index in [4.69, 9.17) is 4.74 Å². The maximum absolute atomic E-state index is 13.8. The van der Waals surface area contributed by atoms with E-state index in [2.05, 4.69) is 11.7 Å². The van der Waals surface area contributed by atoms with Crippen LogP contribution in [0.2, 0.25) is 0 Å². The molecule has 0 radical (unpaired) electrons. The predicted molar refractivity (Wildman–Crippen MR) is 113 cm³/mol. The summed E-state index contributed by atoms with van der Waals surface area (Å²) in [7, 11) is 0. The van der Waals surface area contributed by atoms with Crippen molar-refractivity contribution in [3.63, 3.8) is 0 Å². The molecule has 2 saturated carbocycles. The first-order valence-corrected chi connectivity index (χ1v) is 12.0. The Bertz CT molecular complexity index is 642. The lowest BCUT2D eigenvalue weighted by atomic mass is 9.69. The van der Waals surface area contributed by atoms with E-state index in [0.29, 0.717) is 31.1 Å². The average Bonchev–Trinajstić information content (AvgIpc) is 2.75. The van der Waals surface area contributed by atoms with E-state index >= 15 is 0 Å². The second-order valence-electron chi connectivity index (χ2n) is 9.44. The molecule has 0 aromatic heterocycles. The number of hydrogen-bond donors (Lipinski definition) is 0. The zero-order chi connectivity index (χ0) is 22.2. The van der Waals surface area contributed by atoms with E-state index in [1.807, 2.05) is 0 Å². The first-order valence-electron chi connectivity index (χ1n) is 12.0. The molecule has 3 rings (SSSR count). The summed E-state index contributed by atoms with van der Waals surface area (Å²) >= 11 is 0. The van der Waals surface area contributed by atoms with E-state index in [1.54, 1.807) is 0 Å². The molecule has 2 fully saturated rings. The van der Waals surface area contributed by atoms with Gasteiger partial charge < -0.3 is 9.47 Å². The Morgan fingerprint density at radius 1 is 0.871 bits per heavy atom. The monoisotopic (exact) mass is 444 g/mol. The summed E-state index contributed by atoms with van der Waals surface area (Å²) in [5, 5.41) is 0. The number of halogens is 4. The number of rotatable bonds is 10. The summed E-state index contributed by atoms with van der Waals surface area (Å²) in [5.41, 5.74) is 0.374. The van der Waals surface area contributed by atoms with E-state index in [-0.39, 0.29) is 0 Å². The van der Waals surface area contributed by atoms with Crippen LogP contribution in [0.1, 0.15) is 76.7 Å². The van der Waals surface area contributed by atoms with Crippen molar-refractivity contribution in [2.45, 2.75) is 84.2 Å². The van der Waals surface area contributed by atoms with Crippen molar-refractivity contribution >= 4 is 0 Å². The molecule has 0 amide bonds. The highest BCUT2D eigenvalue weighted by Crippen LogP contribution is 2.42. The zero-order valence-corrected chi connectivity index (χ0v) is 18.6. The number of ether oxygens (including phenoxy) is 2. The first-order chi connectivity index (χ1) is 15.0. The summed E-state index contributed by atoms with van der Waals surface area (Å²) in [5.74, 6) is 0.0458. The van der Waals surface area contributed by atoms with Gasteiger partial charge in [0.15, 0.2) is 17.4 Å². The van der Waals surface area contributed by atoms with Gasteiger partial charge in [0, 0.05) is 6.61 Å². The highest BCUT2D eigenvalue weighted by Gasteiger charge is 2.30. The number of alkyl halides is 2. The molecule has 0 aliphatic heterocycles. The van der Waals surface area contributed by atoms with Crippen LogP contribution in [0.4, 0.5) is 17.6 Å². The third kappa shape index (κ3) is 7.37. The van der Waals surface area contributed by atoms with Crippen LogP contribution in [0, 0.1) is 35.3 Å². The molecule has 31 heavy (non-hydrogen) atoms. The summed E-state index contributed by atoms with van der Waals surface area (Å²) in [6.07, 6.45) is 13.7. The molecule has 0 bridgehead atoms. The highest BCUT2D eigenvalue weighted by atomic mass is 19.3.